The van der Waals surface area contributed by atoms with Crippen LogP contribution in [0.5, 0.6) is 0 Å². The van der Waals surface area contributed by atoms with Gasteiger partial charge in [0.05, 0.1) is 5.92 Å². The van der Waals surface area contributed by atoms with Crippen LogP contribution in [0.3, 0.4) is 0 Å². The van der Waals surface area contributed by atoms with Crippen molar-refractivity contribution in [2.24, 2.45) is 5.92 Å². The van der Waals surface area contributed by atoms with Crippen molar-refractivity contribution in [2.75, 3.05) is 16.8 Å². The van der Waals surface area contributed by atoms with E-state index in [1.54, 1.807) is 4.90 Å². The Kier molecular flexibility index (Phi) is 6.25. The fraction of sp³-hybridized carbons (Fsp3) is 0.375. The number of anilines is 2. The number of ether oxygens (including phenoxy) is 1. The summed E-state index contributed by atoms with van der Waals surface area (Å²) in [5.74, 6) is -1.63. The minimum Gasteiger partial charge on any atom is -0.452 e. The van der Waals surface area contributed by atoms with Gasteiger partial charge in [0.15, 0.2) is 6.10 Å². The molecule has 0 aliphatic carbocycles. The van der Waals surface area contributed by atoms with Crippen molar-refractivity contribution in [2.45, 2.75) is 47.1 Å². The highest BCUT2D eigenvalue weighted by molar-refractivity contribution is 6.01. The summed E-state index contributed by atoms with van der Waals surface area (Å²) in [6.07, 6.45) is -0.875. The van der Waals surface area contributed by atoms with Crippen LogP contribution >= 0.6 is 0 Å². The molecule has 1 fully saturated rings. The molecular formula is C24H28N2O4. The molecule has 1 aliphatic heterocycles. The molecule has 1 saturated heterocycles. The van der Waals surface area contributed by atoms with Crippen LogP contribution in [0.1, 0.15) is 35.6 Å². The van der Waals surface area contributed by atoms with Gasteiger partial charge in [-0.1, -0.05) is 29.8 Å². The first-order valence-electron chi connectivity index (χ1n) is 10.1. The van der Waals surface area contributed by atoms with Crippen molar-refractivity contribution in [1.82, 2.24) is 0 Å². The Morgan fingerprint density at radius 2 is 1.83 bits per heavy atom. The largest absolute Gasteiger partial charge is 0.452 e. The SMILES string of the molecule is Cc1ccc(NC(=O)[C@@H](C)OC(=O)[C@@H]2CC(=O)N(c3cccc(C)c3C)C2)c(C)c1. The van der Waals surface area contributed by atoms with Gasteiger partial charge < -0.3 is 15.0 Å². The van der Waals surface area contributed by atoms with Gasteiger partial charge in [0, 0.05) is 24.3 Å². The summed E-state index contributed by atoms with van der Waals surface area (Å²) >= 11 is 0. The second-order valence-electron chi connectivity index (χ2n) is 8.01. The highest BCUT2D eigenvalue weighted by Crippen LogP contribution is 2.30. The van der Waals surface area contributed by atoms with Gasteiger partial charge in [0.2, 0.25) is 5.91 Å². The third-order valence-corrected chi connectivity index (χ3v) is 5.63. The van der Waals surface area contributed by atoms with E-state index in [-0.39, 0.29) is 18.9 Å². The number of carbonyl (C=O) groups is 3. The molecule has 0 saturated carbocycles. The molecular weight excluding hydrogens is 380 g/mol. The maximum absolute atomic E-state index is 12.6. The van der Waals surface area contributed by atoms with Crippen molar-refractivity contribution in [3.05, 3.63) is 58.7 Å². The standard InChI is InChI=1S/C24H28N2O4/c1-14-9-10-20(16(3)11-14)25-23(28)18(5)30-24(29)19-12-22(27)26(13-19)21-8-6-7-15(2)17(21)4/h6-11,18-19H,12-13H2,1-5H3,(H,25,28)/t18-,19-/m1/s1. The summed E-state index contributed by atoms with van der Waals surface area (Å²) < 4.78 is 5.39. The fourth-order valence-electron chi connectivity index (χ4n) is 3.64. The minimum absolute atomic E-state index is 0.0810. The zero-order chi connectivity index (χ0) is 22.0. The Balaban J connectivity index is 1.62. The van der Waals surface area contributed by atoms with Crippen molar-refractivity contribution in [1.29, 1.82) is 0 Å². The minimum atomic E-state index is -0.955. The summed E-state index contributed by atoms with van der Waals surface area (Å²) in [6, 6.07) is 11.5. The van der Waals surface area contributed by atoms with Crippen LogP contribution in [0.4, 0.5) is 11.4 Å². The second kappa shape index (κ2) is 8.69. The molecule has 6 heteroatoms. The normalized spacial score (nSPS) is 17.0. The molecule has 1 N–H and O–H groups in total. The lowest BCUT2D eigenvalue weighted by molar-refractivity contribution is -0.157. The number of carbonyl (C=O) groups excluding carboxylic acids is 3. The molecule has 2 aromatic carbocycles. The van der Waals surface area contributed by atoms with E-state index in [2.05, 4.69) is 5.32 Å². The summed E-state index contributed by atoms with van der Waals surface area (Å²) in [7, 11) is 0. The van der Waals surface area contributed by atoms with E-state index >= 15 is 0 Å². The van der Waals surface area contributed by atoms with E-state index in [1.165, 1.54) is 6.92 Å². The van der Waals surface area contributed by atoms with E-state index < -0.39 is 23.9 Å². The molecule has 158 valence electrons. The van der Waals surface area contributed by atoms with Gasteiger partial charge >= 0.3 is 5.97 Å². The molecule has 3 rings (SSSR count). The zero-order valence-corrected chi connectivity index (χ0v) is 18.1. The van der Waals surface area contributed by atoms with E-state index in [1.807, 2.05) is 64.1 Å². The van der Waals surface area contributed by atoms with Crippen LogP contribution in [-0.2, 0) is 19.1 Å². The number of nitrogens with one attached hydrogen (secondary N) is 1. The van der Waals surface area contributed by atoms with Crippen molar-refractivity contribution < 1.29 is 19.1 Å². The van der Waals surface area contributed by atoms with Gasteiger partial charge in [-0.3, -0.25) is 14.4 Å². The first-order valence-corrected chi connectivity index (χ1v) is 10.1. The van der Waals surface area contributed by atoms with Crippen LogP contribution < -0.4 is 10.2 Å². The average molecular weight is 408 g/mol. The summed E-state index contributed by atoms with van der Waals surface area (Å²) in [4.78, 5) is 39.2. The molecule has 0 bridgehead atoms. The van der Waals surface area contributed by atoms with Crippen LogP contribution in [0.15, 0.2) is 36.4 Å². The second-order valence-corrected chi connectivity index (χ2v) is 8.01. The maximum atomic E-state index is 12.6. The number of aryl methyl sites for hydroxylation is 3. The van der Waals surface area contributed by atoms with Crippen LogP contribution in [0, 0.1) is 33.6 Å². The van der Waals surface area contributed by atoms with E-state index in [0.29, 0.717) is 5.69 Å². The summed E-state index contributed by atoms with van der Waals surface area (Å²) in [5, 5.41) is 2.80. The first kappa shape index (κ1) is 21.6. The molecule has 2 amide bonds. The van der Waals surface area contributed by atoms with Crippen molar-refractivity contribution in [3.63, 3.8) is 0 Å². The fourth-order valence-corrected chi connectivity index (χ4v) is 3.64. The zero-order valence-electron chi connectivity index (χ0n) is 18.1. The lowest BCUT2D eigenvalue weighted by atomic mass is 10.1. The molecule has 6 nitrogen and oxygen atoms in total. The third kappa shape index (κ3) is 4.53. The molecule has 0 unspecified atom stereocenters. The van der Waals surface area contributed by atoms with Crippen LogP contribution in [-0.4, -0.2) is 30.4 Å². The smallest absolute Gasteiger partial charge is 0.312 e. The molecule has 1 aliphatic rings. The number of hydrogen-bond acceptors (Lipinski definition) is 4. The first-order chi connectivity index (χ1) is 14.2. The number of nitrogens with zero attached hydrogens (tertiary/aromatic N) is 1. The van der Waals surface area contributed by atoms with E-state index in [9.17, 15) is 14.4 Å². The molecule has 1 heterocycles. The molecule has 0 spiro atoms. The van der Waals surface area contributed by atoms with Crippen molar-refractivity contribution in [3.8, 4) is 0 Å². The summed E-state index contributed by atoms with van der Waals surface area (Å²) in [6.45, 7) is 9.63. The van der Waals surface area contributed by atoms with Gasteiger partial charge in [-0.25, -0.2) is 0 Å². The highest BCUT2D eigenvalue weighted by Gasteiger charge is 2.37. The highest BCUT2D eigenvalue weighted by atomic mass is 16.5. The predicted octanol–water partition coefficient (Wildman–Crippen LogP) is 3.84. The third-order valence-electron chi connectivity index (χ3n) is 5.63. The molecule has 30 heavy (non-hydrogen) atoms. The summed E-state index contributed by atoms with van der Waals surface area (Å²) in [5.41, 5.74) is 5.64. The predicted molar refractivity (Wildman–Crippen MR) is 116 cm³/mol. The maximum Gasteiger partial charge on any atom is 0.312 e. The number of benzene rings is 2. The lowest BCUT2D eigenvalue weighted by Crippen LogP contribution is -2.33. The lowest BCUT2D eigenvalue weighted by Gasteiger charge is -2.20. The monoisotopic (exact) mass is 408 g/mol. The van der Waals surface area contributed by atoms with Gasteiger partial charge in [-0.15, -0.1) is 0 Å². The Labute approximate surface area is 177 Å². The van der Waals surface area contributed by atoms with Crippen LogP contribution in [0.25, 0.3) is 0 Å². The Bertz CT molecular complexity index is 999. The van der Waals surface area contributed by atoms with E-state index in [0.717, 1.165) is 27.9 Å². The van der Waals surface area contributed by atoms with E-state index in [4.69, 9.17) is 4.74 Å². The Morgan fingerprint density at radius 1 is 1.10 bits per heavy atom. The number of hydrogen-bond donors (Lipinski definition) is 1. The van der Waals surface area contributed by atoms with Gasteiger partial charge in [0.25, 0.3) is 5.91 Å². The Morgan fingerprint density at radius 3 is 2.53 bits per heavy atom. The number of amides is 2. The Hall–Kier alpha value is -3.15. The number of rotatable bonds is 5. The number of esters is 1. The molecule has 0 aromatic heterocycles. The van der Waals surface area contributed by atoms with Gasteiger partial charge in [0.1, 0.15) is 0 Å². The molecule has 0 radical (unpaired) electrons. The van der Waals surface area contributed by atoms with Gasteiger partial charge in [-0.05, 0) is 63.4 Å². The van der Waals surface area contributed by atoms with Crippen molar-refractivity contribution >= 4 is 29.2 Å². The molecule has 2 aromatic rings. The average Bonchev–Trinajstić information content (AvgIpc) is 3.07. The van der Waals surface area contributed by atoms with Crippen LogP contribution in [0.2, 0.25) is 0 Å². The quantitative estimate of drug-likeness (QED) is 0.763. The molecule has 2 atom stereocenters. The topological polar surface area (TPSA) is 75.7 Å². The van der Waals surface area contributed by atoms with Gasteiger partial charge in [-0.2, -0.15) is 0 Å².